The molecular weight excluding hydrogens is 447 g/mol. The quantitative estimate of drug-likeness (QED) is 0.426. The van der Waals surface area contributed by atoms with E-state index in [1.54, 1.807) is 37.0 Å². The predicted molar refractivity (Wildman–Crippen MR) is 124 cm³/mol. The van der Waals surface area contributed by atoms with Crippen molar-refractivity contribution in [1.82, 2.24) is 19.3 Å². The first-order valence-electron chi connectivity index (χ1n) is 8.93. The maximum Gasteiger partial charge on any atom is 0.255 e. The molecule has 1 amide bonds. The summed E-state index contributed by atoms with van der Waals surface area (Å²) in [4.78, 5) is 21.5. The lowest BCUT2D eigenvalue weighted by molar-refractivity contribution is 0.0945. The molecular formula is C19H20ClFN6OS2. The fourth-order valence-electron chi connectivity index (χ4n) is 2.98. The third-order valence-electron chi connectivity index (χ3n) is 4.35. The molecule has 2 heterocycles. The van der Waals surface area contributed by atoms with E-state index in [4.69, 9.17) is 17.0 Å². The molecule has 3 N–H and O–H groups in total. The highest BCUT2D eigenvalue weighted by Crippen LogP contribution is 2.26. The third-order valence-corrected chi connectivity index (χ3v) is 5.85. The second-order valence-electron chi connectivity index (χ2n) is 6.51. The minimum atomic E-state index is -0.366. The Morgan fingerprint density at radius 2 is 2.17 bits per heavy atom. The van der Waals surface area contributed by atoms with Gasteiger partial charge < -0.3 is 10.6 Å². The fraction of sp³-hybridized carbons (Fsp3) is 0.263. The number of anilines is 1. The number of hydrogen-bond acceptors (Lipinski definition) is 7. The molecule has 1 atom stereocenters. The number of carbonyl (C=O) groups is 1. The summed E-state index contributed by atoms with van der Waals surface area (Å²) < 4.78 is 14.5. The van der Waals surface area contributed by atoms with E-state index in [0.29, 0.717) is 16.3 Å². The Labute approximate surface area is 187 Å². The van der Waals surface area contributed by atoms with Gasteiger partial charge in [0.15, 0.2) is 18.0 Å². The van der Waals surface area contributed by atoms with Crippen molar-refractivity contribution in [3.63, 3.8) is 0 Å². The number of rotatable bonds is 8. The van der Waals surface area contributed by atoms with Crippen LogP contribution < -0.4 is 10.6 Å². The summed E-state index contributed by atoms with van der Waals surface area (Å²) in [5.41, 5.74) is 2.25. The molecule has 30 heavy (non-hydrogen) atoms. The predicted octanol–water partition coefficient (Wildman–Crippen LogP) is 4.40. The van der Waals surface area contributed by atoms with Gasteiger partial charge in [0.05, 0.1) is 17.5 Å². The summed E-state index contributed by atoms with van der Waals surface area (Å²) in [6.45, 7) is 1.89. The molecule has 3 aromatic rings. The van der Waals surface area contributed by atoms with E-state index < -0.39 is 0 Å². The number of thioether (sulfide) groups is 1. The Morgan fingerprint density at radius 1 is 1.40 bits per heavy atom. The third kappa shape index (κ3) is 4.55. The smallest absolute Gasteiger partial charge is 0.255 e. The highest BCUT2D eigenvalue weighted by Gasteiger charge is 2.21. The average molecular weight is 467 g/mol. The summed E-state index contributed by atoms with van der Waals surface area (Å²) in [7, 11) is 1.73. The minimum Gasteiger partial charge on any atom is -0.388 e. The number of benzene rings is 1. The van der Waals surface area contributed by atoms with Crippen LogP contribution in [0.2, 0.25) is 5.02 Å². The number of amides is 1. The van der Waals surface area contributed by atoms with Gasteiger partial charge in [-0.3, -0.25) is 10.2 Å². The summed E-state index contributed by atoms with van der Waals surface area (Å²) >= 11 is 7.59. The van der Waals surface area contributed by atoms with Crippen LogP contribution in [0.1, 0.15) is 28.5 Å². The van der Waals surface area contributed by atoms with Crippen LogP contribution in [-0.4, -0.2) is 50.7 Å². The number of hydrogen-bond donors (Lipinski definition) is 3. The van der Waals surface area contributed by atoms with Gasteiger partial charge >= 0.3 is 0 Å². The van der Waals surface area contributed by atoms with Gasteiger partial charge in [0.1, 0.15) is 11.2 Å². The maximum atomic E-state index is 13.4. The van der Waals surface area contributed by atoms with Crippen LogP contribution in [0.3, 0.4) is 0 Å². The Morgan fingerprint density at radius 3 is 2.83 bits per heavy atom. The number of aromatic nitrogens is 3. The average Bonchev–Trinajstić information content (AvgIpc) is 3.11. The van der Waals surface area contributed by atoms with Crippen molar-refractivity contribution in [2.24, 2.45) is 0 Å². The molecule has 2 aromatic heterocycles. The topological polar surface area (TPSA) is 95.7 Å². The molecule has 158 valence electrons. The standard InChI is InChI=1S/C19H20ClFN6OS2/c1-10(9-29-3)25-19(28)13-8-27(30-21)18-17(13)26-15(7-24-18)16(22)12-5-4-11(20)6-14(12)23-2/h4-8,10,22-23H,9H2,1-3H3,(H,25,28)/t10-/m1/s1. The van der Waals surface area contributed by atoms with Gasteiger partial charge in [-0.05, 0) is 31.4 Å². The van der Waals surface area contributed by atoms with Gasteiger partial charge in [0, 0.05) is 41.3 Å². The van der Waals surface area contributed by atoms with E-state index in [0.717, 1.165) is 9.73 Å². The first kappa shape index (κ1) is 22.4. The highest BCUT2D eigenvalue weighted by atomic mass is 35.5. The summed E-state index contributed by atoms with van der Waals surface area (Å²) in [5.74, 6) is 0.377. The van der Waals surface area contributed by atoms with Crippen LogP contribution in [0.5, 0.6) is 0 Å². The van der Waals surface area contributed by atoms with Crippen molar-refractivity contribution in [3.8, 4) is 0 Å². The Bertz CT molecular complexity index is 1110. The first-order valence-corrected chi connectivity index (χ1v) is 11.4. The SMILES string of the molecule is CNc1cc(Cl)ccc1C(=N)c1cnc2c(n1)c(C(=O)N[C@H](C)CSC)cn2SF. The van der Waals surface area contributed by atoms with Crippen molar-refractivity contribution in [2.45, 2.75) is 13.0 Å². The number of halogens is 2. The van der Waals surface area contributed by atoms with Crippen molar-refractivity contribution in [2.75, 3.05) is 24.4 Å². The van der Waals surface area contributed by atoms with Gasteiger partial charge in [-0.15, -0.1) is 3.89 Å². The van der Waals surface area contributed by atoms with Gasteiger partial charge in [0.25, 0.3) is 5.91 Å². The molecule has 0 spiro atoms. The second-order valence-corrected chi connectivity index (χ2v) is 8.39. The second kappa shape index (κ2) is 9.67. The largest absolute Gasteiger partial charge is 0.388 e. The van der Waals surface area contributed by atoms with Crippen molar-refractivity contribution in [1.29, 1.82) is 5.41 Å². The normalized spacial score (nSPS) is 12.0. The molecule has 0 fully saturated rings. The summed E-state index contributed by atoms with van der Waals surface area (Å²) in [5, 5.41) is 15.0. The number of nitrogens with zero attached hydrogens (tertiary/aromatic N) is 3. The molecule has 11 heteroatoms. The molecule has 0 aliphatic carbocycles. The Balaban J connectivity index is 2.04. The number of fused-ring (bicyclic) bond motifs is 1. The van der Waals surface area contributed by atoms with Crippen LogP contribution in [0.15, 0.2) is 30.6 Å². The lowest BCUT2D eigenvalue weighted by Crippen LogP contribution is -2.34. The fourth-order valence-corrected chi connectivity index (χ4v) is 4.08. The zero-order chi connectivity index (χ0) is 21.8. The van der Waals surface area contributed by atoms with Crippen molar-refractivity contribution >= 4 is 64.2 Å². The van der Waals surface area contributed by atoms with Crippen LogP contribution >= 0.6 is 35.7 Å². The summed E-state index contributed by atoms with van der Waals surface area (Å²) in [6.07, 6.45) is 4.71. The van der Waals surface area contributed by atoms with Gasteiger partial charge in [-0.1, -0.05) is 11.6 Å². The van der Waals surface area contributed by atoms with Crippen molar-refractivity contribution in [3.05, 3.63) is 52.4 Å². The molecule has 0 aliphatic rings. The van der Waals surface area contributed by atoms with E-state index in [1.165, 1.54) is 12.4 Å². The lowest BCUT2D eigenvalue weighted by atomic mass is 10.1. The van der Waals surface area contributed by atoms with Crippen LogP contribution in [-0.2, 0) is 0 Å². The molecule has 0 saturated carbocycles. The zero-order valence-electron chi connectivity index (χ0n) is 16.5. The molecule has 0 bridgehead atoms. The van der Waals surface area contributed by atoms with E-state index >= 15 is 0 Å². The molecule has 0 unspecified atom stereocenters. The molecule has 0 aliphatic heterocycles. The minimum absolute atomic E-state index is 0.0642. The Hall–Kier alpha value is -2.30. The Kier molecular flexibility index (Phi) is 7.22. The maximum absolute atomic E-state index is 13.4. The van der Waals surface area contributed by atoms with Crippen LogP contribution in [0, 0.1) is 5.41 Å². The van der Waals surface area contributed by atoms with Crippen LogP contribution in [0.4, 0.5) is 9.57 Å². The highest BCUT2D eigenvalue weighted by molar-refractivity contribution is 7.98. The first-order chi connectivity index (χ1) is 14.4. The monoisotopic (exact) mass is 466 g/mol. The molecule has 1 aromatic carbocycles. The van der Waals surface area contributed by atoms with E-state index in [-0.39, 0.29) is 52.4 Å². The zero-order valence-corrected chi connectivity index (χ0v) is 18.9. The van der Waals surface area contributed by atoms with Gasteiger partial charge in [-0.25, -0.2) is 13.9 Å². The number of carbonyl (C=O) groups excluding carboxylic acids is 1. The van der Waals surface area contributed by atoms with Gasteiger partial charge in [-0.2, -0.15) is 11.8 Å². The van der Waals surface area contributed by atoms with E-state index in [9.17, 15) is 8.68 Å². The van der Waals surface area contributed by atoms with E-state index in [1.807, 2.05) is 13.2 Å². The number of nitrogens with one attached hydrogen (secondary N) is 3. The molecule has 0 radical (unpaired) electrons. The van der Waals surface area contributed by atoms with Crippen molar-refractivity contribution < 1.29 is 8.68 Å². The van der Waals surface area contributed by atoms with Gasteiger partial charge in [0.2, 0.25) is 0 Å². The van der Waals surface area contributed by atoms with Crippen LogP contribution in [0.25, 0.3) is 11.2 Å². The lowest BCUT2D eigenvalue weighted by Gasteiger charge is -2.12. The molecule has 0 saturated heterocycles. The van der Waals surface area contributed by atoms with E-state index in [2.05, 4.69) is 20.6 Å². The summed E-state index contributed by atoms with van der Waals surface area (Å²) in [6, 6.07) is 5.04. The molecule has 3 rings (SSSR count). The molecule has 7 nitrogen and oxygen atoms in total.